The van der Waals surface area contributed by atoms with Gasteiger partial charge in [-0.15, -0.1) is 0 Å². The predicted octanol–water partition coefficient (Wildman–Crippen LogP) is 2.03. The van der Waals surface area contributed by atoms with Gasteiger partial charge >= 0.3 is 12.0 Å². The number of likely N-dealkylation sites (tertiary alicyclic amines) is 1. The van der Waals surface area contributed by atoms with Crippen LogP contribution in [0.15, 0.2) is 0 Å². The number of hydrogen-bond donors (Lipinski definition) is 2. The minimum Gasteiger partial charge on any atom is -0.481 e. The van der Waals surface area contributed by atoms with Crippen molar-refractivity contribution in [1.29, 1.82) is 0 Å². The van der Waals surface area contributed by atoms with E-state index in [1.807, 2.05) is 11.8 Å². The highest BCUT2D eigenvalue weighted by molar-refractivity contribution is 7.98. The van der Waals surface area contributed by atoms with Gasteiger partial charge in [-0.25, -0.2) is 4.79 Å². The second kappa shape index (κ2) is 9.07. The molecule has 19 heavy (non-hydrogen) atoms. The molecule has 5 nitrogen and oxygen atoms in total. The highest BCUT2D eigenvalue weighted by Crippen LogP contribution is 2.16. The highest BCUT2D eigenvalue weighted by Gasteiger charge is 2.27. The van der Waals surface area contributed by atoms with Crippen molar-refractivity contribution in [2.45, 2.75) is 32.1 Å². The molecule has 0 aromatic rings. The number of piperidine rings is 1. The summed E-state index contributed by atoms with van der Waals surface area (Å²) >= 11 is 1.84. The molecular weight excluding hydrogens is 264 g/mol. The summed E-state index contributed by atoms with van der Waals surface area (Å²) in [7, 11) is 0. The van der Waals surface area contributed by atoms with Crippen LogP contribution in [0, 0.1) is 5.92 Å². The van der Waals surface area contributed by atoms with E-state index in [2.05, 4.69) is 11.6 Å². The Balaban J connectivity index is 2.16. The van der Waals surface area contributed by atoms with Crippen molar-refractivity contribution in [3.63, 3.8) is 0 Å². The number of aliphatic carboxylic acids is 1. The number of carboxylic acids is 1. The fourth-order valence-corrected chi connectivity index (χ4v) is 2.71. The number of carbonyl (C=O) groups excluding carboxylic acids is 1. The van der Waals surface area contributed by atoms with E-state index in [-0.39, 0.29) is 6.03 Å². The third-order valence-electron chi connectivity index (χ3n) is 3.36. The Labute approximate surface area is 119 Å². The van der Waals surface area contributed by atoms with E-state index in [9.17, 15) is 9.59 Å². The fourth-order valence-electron chi connectivity index (χ4n) is 2.22. The maximum Gasteiger partial charge on any atom is 0.317 e. The van der Waals surface area contributed by atoms with Gasteiger partial charge in [-0.3, -0.25) is 4.79 Å². The van der Waals surface area contributed by atoms with Crippen molar-refractivity contribution in [2.24, 2.45) is 5.92 Å². The van der Waals surface area contributed by atoms with Crippen LogP contribution in [0.5, 0.6) is 0 Å². The molecule has 1 aliphatic heterocycles. The first-order valence-electron chi connectivity index (χ1n) is 6.89. The maximum atomic E-state index is 11.9. The van der Waals surface area contributed by atoms with E-state index in [1.54, 1.807) is 4.90 Å². The number of nitrogens with one attached hydrogen (secondary N) is 1. The zero-order valence-corrected chi connectivity index (χ0v) is 12.4. The van der Waals surface area contributed by atoms with Crippen molar-refractivity contribution in [2.75, 3.05) is 31.6 Å². The summed E-state index contributed by atoms with van der Waals surface area (Å²) in [6.45, 7) is 1.69. The van der Waals surface area contributed by atoms with Crippen LogP contribution in [0.25, 0.3) is 0 Å². The van der Waals surface area contributed by atoms with E-state index in [1.165, 1.54) is 12.2 Å². The van der Waals surface area contributed by atoms with Gasteiger partial charge in [0.05, 0.1) is 5.92 Å². The lowest BCUT2D eigenvalue weighted by atomic mass is 9.99. The lowest BCUT2D eigenvalue weighted by Crippen LogP contribution is -2.47. The van der Waals surface area contributed by atoms with Gasteiger partial charge in [-0.2, -0.15) is 11.8 Å². The molecule has 0 spiro atoms. The first-order chi connectivity index (χ1) is 9.15. The van der Waals surface area contributed by atoms with Crippen molar-refractivity contribution < 1.29 is 14.7 Å². The van der Waals surface area contributed by atoms with Crippen LogP contribution in [0.3, 0.4) is 0 Å². The highest BCUT2D eigenvalue weighted by atomic mass is 32.2. The van der Waals surface area contributed by atoms with Crippen LogP contribution in [-0.2, 0) is 4.79 Å². The van der Waals surface area contributed by atoms with Gasteiger partial charge in [0.15, 0.2) is 0 Å². The summed E-state index contributed by atoms with van der Waals surface area (Å²) in [5.41, 5.74) is 0. The molecule has 1 aliphatic rings. The lowest BCUT2D eigenvalue weighted by molar-refractivity contribution is -0.143. The van der Waals surface area contributed by atoms with Crippen LogP contribution in [-0.4, -0.2) is 53.6 Å². The predicted molar refractivity (Wildman–Crippen MR) is 77.6 cm³/mol. The van der Waals surface area contributed by atoms with Crippen LogP contribution in [0.2, 0.25) is 0 Å². The molecule has 0 aliphatic carbocycles. The van der Waals surface area contributed by atoms with Crippen molar-refractivity contribution >= 4 is 23.8 Å². The van der Waals surface area contributed by atoms with E-state index in [4.69, 9.17) is 5.11 Å². The van der Waals surface area contributed by atoms with Crippen molar-refractivity contribution in [1.82, 2.24) is 10.2 Å². The Morgan fingerprint density at radius 1 is 1.37 bits per heavy atom. The molecule has 1 saturated heterocycles. The smallest absolute Gasteiger partial charge is 0.317 e. The maximum absolute atomic E-state index is 11.9. The number of carbonyl (C=O) groups is 2. The third-order valence-corrected chi connectivity index (χ3v) is 4.06. The summed E-state index contributed by atoms with van der Waals surface area (Å²) < 4.78 is 0. The number of rotatable bonds is 7. The minimum absolute atomic E-state index is 0.115. The first kappa shape index (κ1) is 16.1. The molecule has 1 fully saturated rings. The fraction of sp³-hybridized carbons (Fsp3) is 0.846. The molecule has 0 aromatic heterocycles. The number of thioether (sulfide) groups is 1. The molecule has 1 atom stereocenters. The van der Waals surface area contributed by atoms with Gasteiger partial charge in [0.2, 0.25) is 0 Å². The van der Waals surface area contributed by atoms with E-state index in [0.29, 0.717) is 26.1 Å². The van der Waals surface area contributed by atoms with Crippen LogP contribution >= 0.6 is 11.8 Å². The number of nitrogens with zero attached hydrogens (tertiary/aromatic N) is 1. The summed E-state index contributed by atoms with van der Waals surface area (Å²) in [6.07, 6.45) is 6.84. The molecule has 1 rings (SSSR count). The molecule has 0 unspecified atom stereocenters. The topological polar surface area (TPSA) is 69.6 Å². The zero-order valence-electron chi connectivity index (χ0n) is 11.6. The average molecular weight is 288 g/mol. The molecule has 2 amide bonds. The number of carboxylic acid groups (broad SMARTS) is 1. The van der Waals surface area contributed by atoms with Crippen LogP contribution in [0.1, 0.15) is 32.1 Å². The second-order valence-electron chi connectivity index (χ2n) is 4.91. The van der Waals surface area contributed by atoms with Gasteiger partial charge in [-0.05, 0) is 37.7 Å². The summed E-state index contributed by atoms with van der Waals surface area (Å²) in [6, 6.07) is -0.115. The molecular formula is C13H24N2O3S. The average Bonchev–Trinajstić information content (AvgIpc) is 2.42. The second-order valence-corrected chi connectivity index (χ2v) is 5.89. The third kappa shape index (κ3) is 6.18. The SMILES string of the molecule is CSCCCCCNC(=O)N1CCC[C@H](C(=O)O)C1. The molecule has 2 N–H and O–H groups in total. The van der Waals surface area contributed by atoms with Gasteiger partial charge in [0.1, 0.15) is 0 Å². The normalized spacial score (nSPS) is 19.2. The lowest BCUT2D eigenvalue weighted by Gasteiger charge is -2.30. The molecule has 0 aromatic carbocycles. The molecule has 0 radical (unpaired) electrons. The summed E-state index contributed by atoms with van der Waals surface area (Å²) in [5, 5.41) is 11.9. The molecule has 0 bridgehead atoms. The van der Waals surface area contributed by atoms with E-state index < -0.39 is 11.9 Å². The van der Waals surface area contributed by atoms with Gasteiger partial charge in [-0.1, -0.05) is 6.42 Å². The van der Waals surface area contributed by atoms with Crippen LogP contribution < -0.4 is 5.32 Å². The van der Waals surface area contributed by atoms with Gasteiger partial charge in [0.25, 0.3) is 0 Å². The molecule has 110 valence electrons. The Hall–Kier alpha value is -0.910. The quantitative estimate of drug-likeness (QED) is 0.703. The van der Waals surface area contributed by atoms with Crippen LogP contribution in [0.4, 0.5) is 4.79 Å². The summed E-state index contributed by atoms with van der Waals surface area (Å²) in [4.78, 5) is 24.4. The van der Waals surface area contributed by atoms with Gasteiger partial charge < -0.3 is 15.3 Å². The number of hydrogen-bond acceptors (Lipinski definition) is 3. The number of unbranched alkanes of at least 4 members (excludes halogenated alkanes) is 2. The number of urea groups is 1. The molecule has 6 heteroatoms. The Morgan fingerprint density at radius 2 is 2.16 bits per heavy atom. The Morgan fingerprint density at radius 3 is 2.84 bits per heavy atom. The largest absolute Gasteiger partial charge is 0.481 e. The standard InChI is InChI=1S/C13H24N2O3S/c1-19-9-4-2-3-7-14-13(18)15-8-5-6-11(10-15)12(16)17/h11H,2-10H2,1H3,(H,14,18)(H,16,17)/t11-/m0/s1. The zero-order chi connectivity index (χ0) is 14.1. The monoisotopic (exact) mass is 288 g/mol. The van der Waals surface area contributed by atoms with Gasteiger partial charge in [0, 0.05) is 19.6 Å². The first-order valence-corrected chi connectivity index (χ1v) is 8.29. The van der Waals surface area contributed by atoms with E-state index >= 15 is 0 Å². The Bertz CT molecular complexity index is 300. The minimum atomic E-state index is -0.797. The van der Waals surface area contributed by atoms with Crippen molar-refractivity contribution in [3.8, 4) is 0 Å². The van der Waals surface area contributed by atoms with Crippen molar-refractivity contribution in [3.05, 3.63) is 0 Å². The molecule has 1 heterocycles. The number of amides is 2. The molecule has 0 saturated carbocycles. The summed E-state index contributed by atoms with van der Waals surface area (Å²) in [5.74, 6) is -0.0315. The Kier molecular flexibility index (Phi) is 7.70. The van der Waals surface area contributed by atoms with E-state index in [0.717, 1.165) is 19.3 Å².